The summed E-state index contributed by atoms with van der Waals surface area (Å²) in [4.78, 5) is 4.01. The lowest BCUT2D eigenvalue weighted by atomic mass is 10.2. The maximum Gasteiger partial charge on any atom is 0.0345 e. The van der Waals surface area contributed by atoms with Gasteiger partial charge in [-0.25, -0.2) is 0 Å². The molecule has 0 fully saturated rings. The molecule has 1 heteroatoms. The molecule has 0 spiro atoms. The summed E-state index contributed by atoms with van der Waals surface area (Å²) in [5, 5.41) is 2.21. The molecule has 60 valence electrons. The van der Waals surface area contributed by atoms with Crippen molar-refractivity contribution in [3.05, 3.63) is 28.9 Å². The predicted octanol–water partition coefficient (Wildman–Crippen LogP) is 1.32. The Hall–Kier alpha value is -1.11. The van der Waals surface area contributed by atoms with Crippen LogP contribution in [-0.2, 0) is 0 Å². The van der Waals surface area contributed by atoms with E-state index in [9.17, 15) is 0 Å². The highest BCUT2D eigenvalue weighted by atomic mass is 14.6. The molecule has 1 rings (SSSR count). The van der Waals surface area contributed by atoms with E-state index < -0.39 is 0 Å². The zero-order valence-corrected chi connectivity index (χ0v) is 6.39. The average molecular weight is 149 g/mol. The van der Waals surface area contributed by atoms with Gasteiger partial charge in [0.25, 0.3) is 0 Å². The third kappa shape index (κ3) is 2.19. The van der Waals surface area contributed by atoms with E-state index in [0.29, 0.717) is 0 Å². The Morgan fingerprint density at radius 2 is 2.09 bits per heavy atom. The van der Waals surface area contributed by atoms with Crippen LogP contribution >= 0.6 is 0 Å². The van der Waals surface area contributed by atoms with E-state index in [-0.39, 0.29) is 7.43 Å². The number of aromatic nitrogens is 1. The van der Waals surface area contributed by atoms with Gasteiger partial charge in [-0.3, -0.25) is 4.98 Å². The first-order valence-electron chi connectivity index (χ1n) is 3.28. The van der Waals surface area contributed by atoms with E-state index in [1.807, 2.05) is 12.3 Å². The molecule has 0 atom stereocenters. The summed E-state index contributed by atoms with van der Waals surface area (Å²) in [7, 11) is 0. The molecule has 0 aliphatic carbocycles. The van der Waals surface area contributed by atoms with Crippen molar-refractivity contribution in [2.75, 3.05) is 0 Å². The number of pyridine rings is 1. The third-order valence-electron chi connectivity index (χ3n) is 1.45. The lowest BCUT2D eigenvalue weighted by Gasteiger charge is -1.89. The van der Waals surface area contributed by atoms with Gasteiger partial charge in [-0.05, 0) is 30.4 Å². The van der Waals surface area contributed by atoms with E-state index >= 15 is 0 Å². The number of hydrogen-bond acceptors (Lipinski definition) is 1. The Balaban J connectivity index is 0.000001000. The van der Waals surface area contributed by atoms with Crippen molar-refractivity contribution in [1.82, 2.24) is 4.98 Å². The van der Waals surface area contributed by atoms with E-state index in [1.54, 1.807) is 6.20 Å². The van der Waals surface area contributed by atoms with Crippen LogP contribution in [0.15, 0.2) is 18.5 Å². The van der Waals surface area contributed by atoms with E-state index in [4.69, 9.17) is 0 Å². The van der Waals surface area contributed by atoms with Gasteiger partial charge in [0.2, 0.25) is 0 Å². The summed E-state index contributed by atoms with van der Waals surface area (Å²) in [5.41, 5.74) is 1.26. The molecule has 1 heterocycles. The van der Waals surface area contributed by atoms with Gasteiger partial charge >= 0.3 is 0 Å². The molecule has 0 radical (unpaired) electrons. The number of nitrogens with zero attached hydrogens (tertiary/aromatic N) is 1. The van der Waals surface area contributed by atoms with Gasteiger partial charge in [0.1, 0.15) is 0 Å². The Bertz CT molecular complexity index is 321. The molecule has 0 N–H and O–H groups in total. The Morgan fingerprint density at radius 1 is 1.45 bits per heavy atom. The normalized spacial score (nSPS) is 8.55. The Kier molecular flexibility index (Phi) is 3.52. The van der Waals surface area contributed by atoms with E-state index in [1.165, 1.54) is 5.57 Å². The zero-order valence-electron chi connectivity index (χ0n) is 6.39. The van der Waals surface area contributed by atoms with Crippen LogP contribution in [0.3, 0.4) is 0 Å². The van der Waals surface area contributed by atoms with Crippen molar-refractivity contribution in [2.24, 2.45) is 0 Å². The third-order valence-corrected chi connectivity index (χ3v) is 1.45. The van der Waals surface area contributed by atoms with Gasteiger partial charge in [0.15, 0.2) is 0 Å². The lowest BCUT2D eigenvalue weighted by molar-refractivity contribution is 1.26. The highest BCUT2D eigenvalue weighted by Crippen LogP contribution is 1.80. The fraction of sp³-hybridized carbons (Fsp3) is 0.300. The van der Waals surface area contributed by atoms with Crippen LogP contribution in [0.2, 0.25) is 0 Å². The van der Waals surface area contributed by atoms with Crippen LogP contribution in [0.5, 0.6) is 0 Å². The van der Waals surface area contributed by atoms with Crippen LogP contribution in [-0.4, -0.2) is 4.98 Å². The molecule has 1 aromatic heterocycles. The van der Waals surface area contributed by atoms with Crippen molar-refractivity contribution in [1.29, 1.82) is 0 Å². The molecule has 0 unspecified atom stereocenters. The second kappa shape index (κ2) is 3.91. The summed E-state index contributed by atoms with van der Waals surface area (Å²) in [6.45, 7) is 8.00. The number of rotatable bonds is 0. The molecule has 1 aromatic rings. The maximum absolute atomic E-state index is 4.01. The molecule has 0 aliphatic heterocycles. The quantitative estimate of drug-likeness (QED) is 0.542. The molecule has 0 saturated carbocycles. The lowest BCUT2D eigenvalue weighted by Crippen LogP contribution is -2.24. The highest BCUT2D eigenvalue weighted by Gasteiger charge is 1.82. The molecule has 0 bridgehead atoms. The highest BCUT2D eigenvalue weighted by molar-refractivity contribution is 5.38. The summed E-state index contributed by atoms with van der Waals surface area (Å²) in [6.07, 6.45) is 3.60. The van der Waals surface area contributed by atoms with Crippen molar-refractivity contribution in [3.8, 4) is 0 Å². The second-order valence-corrected chi connectivity index (χ2v) is 2.53. The van der Waals surface area contributed by atoms with Gasteiger partial charge < -0.3 is 0 Å². The van der Waals surface area contributed by atoms with Crippen molar-refractivity contribution in [3.63, 3.8) is 0 Å². The Labute approximate surface area is 68.1 Å². The van der Waals surface area contributed by atoms with Crippen LogP contribution < -0.4 is 10.4 Å². The second-order valence-electron chi connectivity index (χ2n) is 2.53. The molecule has 0 amide bonds. The summed E-state index contributed by atoms with van der Waals surface area (Å²) in [6, 6.07) is 1.92. The standard InChI is InChI=1S/C9H11N.CH4/c1-7(2)9-6-10-5-4-8(9)3;/h4-6H,3H2,1-2H3;1H4. The predicted molar refractivity (Wildman–Crippen MR) is 50.5 cm³/mol. The Morgan fingerprint density at radius 3 is 2.45 bits per heavy atom. The largest absolute Gasteiger partial charge is 0.264 e. The van der Waals surface area contributed by atoms with E-state index in [2.05, 4.69) is 25.4 Å². The molecule has 0 aromatic carbocycles. The van der Waals surface area contributed by atoms with Crippen molar-refractivity contribution < 1.29 is 0 Å². The van der Waals surface area contributed by atoms with Crippen LogP contribution in [0.25, 0.3) is 12.2 Å². The number of hydrogen-bond donors (Lipinski definition) is 0. The first-order chi connectivity index (χ1) is 4.72. The molecule has 0 saturated heterocycles. The minimum Gasteiger partial charge on any atom is -0.264 e. The summed E-state index contributed by atoms with van der Waals surface area (Å²) in [5.74, 6) is 0. The van der Waals surface area contributed by atoms with Crippen molar-refractivity contribution >= 4 is 12.2 Å². The molecular formula is C10H15N. The fourth-order valence-electron chi connectivity index (χ4n) is 0.873. The minimum absolute atomic E-state index is 0. The smallest absolute Gasteiger partial charge is 0.0345 e. The van der Waals surface area contributed by atoms with Crippen LogP contribution in [0.1, 0.15) is 21.3 Å². The van der Waals surface area contributed by atoms with Crippen molar-refractivity contribution in [2.45, 2.75) is 21.3 Å². The zero-order chi connectivity index (χ0) is 7.56. The summed E-state index contributed by atoms with van der Waals surface area (Å²) >= 11 is 0. The molecule has 1 nitrogen and oxygen atoms in total. The van der Waals surface area contributed by atoms with Gasteiger partial charge in [0.05, 0.1) is 0 Å². The van der Waals surface area contributed by atoms with Gasteiger partial charge in [-0.1, -0.05) is 19.6 Å². The topological polar surface area (TPSA) is 12.9 Å². The van der Waals surface area contributed by atoms with Crippen LogP contribution in [0, 0.1) is 0 Å². The first-order valence-corrected chi connectivity index (χ1v) is 3.28. The average Bonchev–Trinajstić information content (AvgIpc) is 1.88. The maximum atomic E-state index is 4.01. The van der Waals surface area contributed by atoms with Gasteiger partial charge in [-0.2, -0.15) is 0 Å². The minimum atomic E-state index is 0. The SMILES string of the molecule is C.C=c1ccncc1=C(C)C. The fourth-order valence-corrected chi connectivity index (χ4v) is 0.873. The monoisotopic (exact) mass is 149 g/mol. The summed E-state index contributed by atoms with van der Waals surface area (Å²) < 4.78 is 0. The molecule has 0 aliphatic rings. The molecular weight excluding hydrogens is 134 g/mol. The van der Waals surface area contributed by atoms with Gasteiger partial charge in [-0.15, -0.1) is 0 Å². The van der Waals surface area contributed by atoms with E-state index in [0.717, 1.165) is 10.4 Å². The van der Waals surface area contributed by atoms with Crippen LogP contribution in [0.4, 0.5) is 0 Å². The first kappa shape index (κ1) is 9.89. The molecule has 11 heavy (non-hydrogen) atoms. The van der Waals surface area contributed by atoms with Gasteiger partial charge in [0, 0.05) is 12.4 Å².